The average molecular weight is 354 g/mol. The summed E-state index contributed by atoms with van der Waals surface area (Å²) >= 11 is 0. The van der Waals surface area contributed by atoms with E-state index in [0.29, 0.717) is 19.6 Å². The minimum atomic E-state index is -0.756. The van der Waals surface area contributed by atoms with Gasteiger partial charge in [-0.25, -0.2) is 0 Å². The van der Waals surface area contributed by atoms with Gasteiger partial charge in [0.1, 0.15) is 0 Å². The van der Waals surface area contributed by atoms with E-state index < -0.39 is 17.8 Å². The van der Waals surface area contributed by atoms with Gasteiger partial charge >= 0.3 is 5.97 Å². The molecule has 1 N–H and O–H groups in total. The lowest BCUT2D eigenvalue weighted by molar-refractivity contribution is -0.194. The van der Waals surface area contributed by atoms with Crippen molar-refractivity contribution in [2.45, 2.75) is 83.2 Å². The molecule has 0 bridgehead atoms. The van der Waals surface area contributed by atoms with Crippen LogP contribution < -0.4 is 0 Å². The molecule has 2 rings (SSSR count). The van der Waals surface area contributed by atoms with E-state index in [1.807, 2.05) is 0 Å². The van der Waals surface area contributed by atoms with Crippen molar-refractivity contribution < 1.29 is 24.1 Å². The number of aliphatic hydroxyl groups excluding tert-OH is 1. The summed E-state index contributed by atoms with van der Waals surface area (Å²) in [6.45, 7) is 8.49. The Bertz CT molecular complexity index is 430. The number of carbonyl (C=O) groups excluding carboxylic acids is 1. The fourth-order valence-electron chi connectivity index (χ4n) is 4.05. The maximum atomic E-state index is 12.5. The van der Waals surface area contributed by atoms with Crippen molar-refractivity contribution in [3.63, 3.8) is 0 Å². The van der Waals surface area contributed by atoms with Gasteiger partial charge in [-0.2, -0.15) is 0 Å². The SMILES string of the molecule is C=C[C@@H]([C@H](C(=O)OCC)[C@@H](O)CCCC)[C@H]1COC2(CCCCC2)O1. The first kappa shape index (κ1) is 20.4. The lowest BCUT2D eigenvalue weighted by Crippen LogP contribution is -2.42. The Morgan fingerprint density at radius 1 is 1.36 bits per heavy atom. The molecule has 2 fully saturated rings. The van der Waals surface area contributed by atoms with Crippen molar-refractivity contribution >= 4 is 5.97 Å². The van der Waals surface area contributed by atoms with Crippen LogP contribution in [0, 0.1) is 11.8 Å². The summed E-state index contributed by atoms with van der Waals surface area (Å²) < 4.78 is 17.6. The highest BCUT2D eigenvalue weighted by Gasteiger charge is 2.48. The van der Waals surface area contributed by atoms with Crippen molar-refractivity contribution in [1.29, 1.82) is 0 Å². The van der Waals surface area contributed by atoms with Gasteiger partial charge in [0.25, 0.3) is 0 Å². The molecule has 0 radical (unpaired) electrons. The molecule has 0 aromatic carbocycles. The van der Waals surface area contributed by atoms with Crippen LogP contribution in [-0.4, -0.2) is 42.3 Å². The van der Waals surface area contributed by atoms with Crippen LogP contribution in [0.4, 0.5) is 0 Å². The number of hydrogen-bond donors (Lipinski definition) is 1. The average Bonchev–Trinajstić information content (AvgIpc) is 3.01. The Hall–Kier alpha value is -0.910. The van der Waals surface area contributed by atoms with E-state index >= 15 is 0 Å². The predicted molar refractivity (Wildman–Crippen MR) is 96.0 cm³/mol. The highest BCUT2D eigenvalue weighted by Crippen LogP contribution is 2.41. The van der Waals surface area contributed by atoms with E-state index in [0.717, 1.165) is 38.5 Å². The van der Waals surface area contributed by atoms with Gasteiger partial charge in [-0.05, 0) is 26.2 Å². The molecule has 25 heavy (non-hydrogen) atoms. The van der Waals surface area contributed by atoms with Crippen molar-refractivity contribution in [3.05, 3.63) is 12.7 Å². The molecule has 144 valence electrons. The zero-order chi connectivity index (χ0) is 18.3. The van der Waals surface area contributed by atoms with E-state index in [1.54, 1.807) is 13.0 Å². The molecule has 2 aliphatic rings. The Labute approximate surface area is 151 Å². The van der Waals surface area contributed by atoms with Gasteiger partial charge in [0.15, 0.2) is 5.79 Å². The third-order valence-electron chi connectivity index (χ3n) is 5.44. The van der Waals surface area contributed by atoms with Gasteiger partial charge in [-0.3, -0.25) is 4.79 Å². The van der Waals surface area contributed by atoms with Crippen LogP contribution in [0.2, 0.25) is 0 Å². The number of esters is 1. The molecule has 1 saturated heterocycles. The molecule has 1 heterocycles. The predicted octanol–water partition coefficient (Wildman–Crippen LogP) is 3.59. The van der Waals surface area contributed by atoms with Crippen molar-refractivity contribution in [1.82, 2.24) is 0 Å². The fourth-order valence-corrected chi connectivity index (χ4v) is 4.05. The molecule has 0 unspecified atom stereocenters. The third-order valence-corrected chi connectivity index (χ3v) is 5.44. The zero-order valence-corrected chi connectivity index (χ0v) is 15.7. The minimum Gasteiger partial charge on any atom is -0.466 e. The van der Waals surface area contributed by atoms with Crippen LogP contribution in [0.5, 0.6) is 0 Å². The van der Waals surface area contributed by atoms with E-state index in [1.165, 1.54) is 6.42 Å². The quantitative estimate of drug-likeness (QED) is 0.506. The second kappa shape index (κ2) is 9.70. The normalized spacial score (nSPS) is 26.1. The van der Waals surface area contributed by atoms with Crippen LogP contribution in [0.1, 0.15) is 65.2 Å². The number of rotatable bonds is 9. The van der Waals surface area contributed by atoms with Crippen molar-refractivity contribution in [2.75, 3.05) is 13.2 Å². The smallest absolute Gasteiger partial charge is 0.312 e. The monoisotopic (exact) mass is 354 g/mol. The summed E-state index contributed by atoms with van der Waals surface area (Å²) in [5.74, 6) is -1.84. The van der Waals surface area contributed by atoms with Crippen molar-refractivity contribution in [2.24, 2.45) is 11.8 Å². The van der Waals surface area contributed by atoms with Gasteiger partial charge in [0.05, 0.1) is 31.3 Å². The van der Waals surface area contributed by atoms with Crippen LogP contribution >= 0.6 is 0 Å². The molecule has 4 atom stereocenters. The number of aliphatic hydroxyl groups is 1. The summed E-state index contributed by atoms with van der Waals surface area (Å²) in [5.41, 5.74) is 0. The maximum absolute atomic E-state index is 12.5. The van der Waals surface area contributed by atoms with Gasteiger partial charge in [-0.1, -0.05) is 32.3 Å². The van der Waals surface area contributed by atoms with Crippen molar-refractivity contribution in [3.8, 4) is 0 Å². The molecule has 1 aliphatic heterocycles. The Morgan fingerprint density at radius 2 is 2.08 bits per heavy atom. The topological polar surface area (TPSA) is 65.0 Å². The summed E-state index contributed by atoms with van der Waals surface area (Å²) in [7, 11) is 0. The summed E-state index contributed by atoms with van der Waals surface area (Å²) in [5, 5.41) is 10.7. The van der Waals surface area contributed by atoms with Crippen LogP contribution in [-0.2, 0) is 19.0 Å². The molecular formula is C20H34O5. The highest BCUT2D eigenvalue weighted by molar-refractivity contribution is 5.74. The number of unbranched alkanes of at least 4 members (excludes halogenated alkanes) is 1. The molecule has 0 aromatic heterocycles. The molecule has 0 aromatic rings. The van der Waals surface area contributed by atoms with Crippen LogP contribution in [0.3, 0.4) is 0 Å². The Balaban J connectivity index is 2.12. The Morgan fingerprint density at radius 3 is 2.68 bits per heavy atom. The highest BCUT2D eigenvalue weighted by atomic mass is 16.7. The molecule has 1 aliphatic carbocycles. The number of hydrogen-bond acceptors (Lipinski definition) is 5. The lowest BCUT2D eigenvalue weighted by atomic mass is 9.82. The summed E-state index contributed by atoms with van der Waals surface area (Å²) in [6.07, 6.45) is 8.34. The van der Waals surface area contributed by atoms with E-state index in [9.17, 15) is 9.90 Å². The van der Waals surface area contributed by atoms with Gasteiger partial charge in [0, 0.05) is 18.8 Å². The largest absolute Gasteiger partial charge is 0.466 e. The number of ether oxygens (including phenoxy) is 3. The first-order valence-corrected chi connectivity index (χ1v) is 9.86. The third kappa shape index (κ3) is 5.05. The van der Waals surface area contributed by atoms with Gasteiger partial charge in [0.2, 0.25) is 0 Å². The first-order chi connectivity index (χ1) is 12.1. The lowest BCUT2D eigenvalue weighted by Gasteiger charge is -2.34. The molecule has 1 saturated carbocycles. The van der Waals surface area contributed by atoms with Gasteiger partial charge in [-0.15, -0.1) is 6.58 Å². The fraction of sp³-hybridized carbons (Fsp3) is 0.850. The van der Waals surface area contributed by atoms with E-state index in [2.05, 4.69) is 13.5 Å². The molecule has 0 amide bonds. The van der Waals surface area contributed by atoms with E-state index in [4.69, 9.17) is 14.2 Å². The standard InChI is InChI=1S/C20H34O5/c1-4-7-11-16(21)18(19(22)23-6-3)15(5-2)17-14-24-20(25-17)12-9-8-10-13-20/h5,15-18,21H,2,4,6-14H2,1,3H3/t15-,16+,17-,18+/m1/s1. The minimum absolute atomic E-state index is 0.263. The second-order valence-electron chi connectivity index (χ2n) is 7.24. The Kier molecular flexibility index (Phi) is 7.91. The van der Waals surface area contributed by atoms with Gasteiger partial charge < -0.3 is 19.3 Å². The van der Waals surface area contributed by atoms with E-state index in [-0.39, 0.29) is 18.0 Å². The maximum Gasteiger partial charge on any atom is 0.312 e. The second-order valence-corrected chi connectivity index (χ2v) is 7.24. The molecule has 5 nitrogen and oxygen atoms in total. The number of carbonyl (C=O) groups is 1. The molecule has 5 heteroatoms. The first-order valence-electron chi connectivity index (χ1n) is 9.86. The summed E-state index contributed by atoms with van der Waals surface area (Å²) in [6, 6.07) is 0. The van der Waals surface area contributed by atoms with Crippen LogP contribution in [0.15, 0.2) is 12.7 Å². The zero-order valence-electron chi connectivity index (χ0n) is 15.7. The molecule has 1 spiro atoms. The molecular weight excluding hydrogens is 320 g/mol. The summed E-state index contributed by atoms with van der Waals surface area (Å²) in [4.78, 5) is 12.5. The van der Waals surface area contributed by atoms with Crippen LogP contribution in [0.25, 0.3) is 0 Å².